The molecule has 1 atom stereocenters. The minimum Gasteiger partial charge on any atom is -0.361 e. The third kappa shape index (κ3) is 2.82. The number of carbonyl (C=O) groups is 1. The maximum Gasteiger partial charge on any atom is 0.223 e. The molecule has 106 valence electrons. The minimum atomic E-state index is 0.174. The number of rotatable bonds is 4. The van der Waals surface area contributed by atoms with Crippen molar-refractivity contribution in [3.05, 3.63) is 17.0 Å². The van der Waals surface area contributed by atoms with Crippen LogP contribution in [0.3, 0.4) is 0 Å². The van der Waals surface area contributed by atoms with Crippen molar-refractivity contribution in [2.45, 2.75) is 59.4 Å². The number of hydrogen-bond donors (Lipinski definition) is 0. The molecule has 1 aromatic heterocycles. The number of amides is 1. The molecule has 0 unspecified atom stereocenters. The molecule has 1 amide bonds. The van der Waals surface area contributed by atoms with Gasteiger partial charge in [-0.15, -0.1) is 0 Å². The van der Waals surface area contributed by atoms with Crippen molar-refractivity contribution in [1.82, 2.24) is 10.1 Å². The molecule has 0 N–H and O–H groups in total. The first-order chi connectivity index (χ1) is 9.04. The molecule has 1 saturated heterocycles. The summed E-state index contributed by atoms with van der Waals surface area (Å²) in [5.74, 6) is 1.61. The summed E-state index contributed by atoms with van der Waals surface area (Å²) < 4.78 is 5.38. The van der Waals surface area contributed by atoms with E-state index in [-0.39, 0.29) is 11.9 Å². The van der Waals surface area contributed by atoms with Crippen LogP contribution in [0.1, 0.15) is 63.1 Å². The van der Waals surface area contributed by atoms with Gasteiger partial charge in [0, 0.05) is 24.9 Å². The summed E-state index contributed by atoms with van der Waals surface area (Å²) in [6.07, 6.45) is 3.56. The van der Waals surface area contributed by atoms with Crippen molar-refractivity contribution in [3.8, 4) is 0 Å². The van der Waals surface area contributed by atoms with Gasteiger partial charge in [0.25, 0.3) is 0 Å². The van der Waals surface area contributed by atoms with Crippen molar-refractivity contribution in [2.75, 3.05) is 6.54 Å². The van der Waals surface area contributed by atoms with Crippen molar-refractivity contribution < 1.29 is 9.32 Å². The Morgan fingerprint density at radius 3 is 2.89 bits per heavy atom. The van der Waals surface area contributed by atoms with Gasteiger partial charge in [-0.3, -0.25) is 4.79 Å². The van der Waals surface area contributed by atoms with E-state index in [2.05, 4.69) is 25.9 Å². The molecule has 0 radical (unpaired) electrons. The first-order valence-electron chi connectivity index (χ1n) is 7.29. The van der Waals surface area contributed by atoms with E-state index < -0.39 is 0 Å². The van der Waals surface area contributed by atoms with Gasteiger partial charge >= 0.3 is 0 Å². The van der Waals surface area contributed by atoms with Crippen LogP contribution in [-0.2, 0) is 11.2 Å². The van der Waals surface area contributed by atoms with E-state index in [1.54, 1.807) is 0 Å². The predicted octanol–water partition coefficient (Wildman–Crippen LogP) is 3.26. The van der Waals surface area contributed by atoms with Crippen LogP contribution in [-0.4, -0.2) is 22.5 Å². The average Bonchev–Trinajstić information content (AvgIpc) is 2.93. The third-order valence-electron chi connectivity index (χ3n) is 3.79. The molecule has 1 aliphatic heterocycles. The van der Waals surface area contributed by atoms with E-state index in [1.807, 2.05) is 11.8 Å². The minimum absolute atomic E-state index is 0.174. The molecule has 0 bridgehead atoms. The van der Waals surface area contributed by atoms with Crippen LogP contribution in [0, 0.1) is 12.8 Å². The average molecular weight is 264 g/mol. The van der Waals surface area contributed by atoms with E-state index in [1.165, 1.54) is 0 Å². The highest BCUT2D eigenvalue weighted by Crippen LogP contribution is 2.36. The molecule has 0 spiro atoms. The largest absolute Gasteiger partial charge is 0.361 e. The fraction of sp³-hybridized carbons (Fsp3) is 0.733. The van der Waals surface area contributed by atoms with Crippen LogP contribution in [0.5, 0.6) is 0 Å². The molecule has 1 aliphatic rings. The van der Waals surface area contributed by atoms with Crippen LogP contribution >= 0.6 is 0 Å². The zero-order chi connectivity index (χ0) is 14.0. The van der Waals surface area contributed by atoms with E-state index in [0.717, 1.165) is 42.8 Å². The lowest BCUT2D eigenvalue weighted by molar-refractivity contribution is -0.132. The normalized spacial score (nSPS) is 19.4. The second kappa shape index (κ2) is 5.76. The standard InChI is InChI=1S/C15H24N2O2/c1-5-13-15(11(4)16-19-13)12-7-6-8-17(12)14(18)9-10(2)3/h10,12H,5-9H2,1-4H3/t12-/m1/s1. The van der Waals surface area contributed by atoms with E-state index in [4.69, 9.17) is 4.52 Å². The number of hydrogen-bond acceptors (Lipinski definition) is 3. The van der Waals surface area contributed by atoms with Crippen molar-refractivity contribution in [1.29, 1.82) is 0 Å². The first-order valence-corrected chi connectivity index (χ1v) is 7.29. The van der Waals surface area contributed by atoms with Gasteiger partial charge in [-0.05, 0) is 25.7 Å². The summed E-state index contributed by atoms with van der Waals surface area (Å²) in [6.45, 7) is 9.08. The third-order valence-corrected chi connectivity index (χ3v) is 3.79. The van der Waals surface area contributed by atoms with E-state index >= 15 is 0 Å². The van der Waals surface area contributed by atoms with Crippen LogP contribution in [0.2, 0.25) is 0 Å². The molecule has 2 rings (SSSR count). The summed E-state index contributed by atoms with van der Waals surface area (Å²) in [6, 6.07) is 0.174. The van der Waals surface area contributed by atoms with Crippen LogP contribution in [0.4, 0.5) is 0 Å². The second-order valence-electron chi connectivity index (χ2n) is 5.80. The van der Waals surface area contributed by atoms with Crippen molar-refractivity contribution >= 4 is 5.91 Å². The highest BCUT2D eigenvalue weighted by atomic mass is 16.5. The van der Waals surface area contributed by atoms with Gasteiger partial charge in [0.15, 0.2) is 0 Å². The fourth-order valence-electron chi connectivity index (χ4n) is 2.94. The lowest BCUT2D eigenvalue weighted by atomic mass is 10.0. The smallest absolute Gasteiger partial charge is 0.223 e. The molecule has 0 aliphatic carbocycles. The highest BCUT2D eigenvalue weighted by Gasteiger charge is 2.34. The molecule has 0 saturated carbocycles. The SMILES string of the molecule is CCc1onc(C)c1[C@H]1CCCN1C(=O)CC(C)C. The lowest BCUT2D eigenvalue weighted by Gasteiger charge is -2.25. The van der Waals surface area contributed by atoms with Crippen molar-refractivity contribution in [3.63, 3.8) is 0 Å². The molecule has 0 aromatic carbocycles. The predicted molar refractivity (Wildman–Crippen MR) is 73.8 cm³/mol. The highest BCUT2D eigenvalue weighted by molar-refractivity contribution is 5.77. The van der Waals surface area contributed by atoms with Crippen molar-refractivity contribution in [2.24, 2.45) is 5.92 Å². The summed E-state index contributed by atoms with van der Waals surface area (Å²) in [5, 5.41) is 4.07. The summed E-state index contributed by atoms with van der Waals surface area (Å²) in [5.41, 5.74) is 2.09. The Morgan fingerprint density at radius 2 is 2.26 bits per heavy atom. The van der Waals surface area contributed by atoms with Crippen LogP contribution < -0.4 is 0 Å². The summed E-state index contributed by atoms with van der Waals surface area (Å²) in [4.78, 5) is 14.4. The van der Waals surface area contributed by atoms with Gasteiger partial charge in [-0.2, -0.15) is 0 Å². The van der Waals surface area contributed by atoms with Crippen LogP contribution in [0.15, 0.2) is 4.52 Å². The molecular weight excluding hydrogens is 240 g/mol. The Morgan fingerprint density at radius 1 is 1.53 bits per heavy atom. The number of aromatic nitrogens is 1. The van der Waals surface area contributed by atoms with Gasteiger partial charge in [0.05, 0.1) is 11.7 Å². The number of likely N-dealkylation sites (tertiary alicyclic amines) is 1. The Bertz CT molecular complexity index is 451. The van der Waals surface area contributed by atoms with E-state index in [9.17, 15) is 4.79 Å². The molecular formula is C15H24N2O2. The molecule has 1 aromatic rings. The topological polar surface area (TPSA) is 46.3 Å². The Labute approximate surface area is 115 Å². The Balaban J connectivity index is 2.23. The fourth-order valence-corrected chi connectivity index (χ4v) is 2.94. The maximum absolute atomic E-state index is 12.3. The quantitative estimate of drug-likeness (QED) is 0.838. The summed E-state index contributed by atoms with van der Waals surface area (Å²) >= 11 is 0. The van der Waals surface area contributed by atoms with E-state index in [0.29, 0.717) is 12.3 Å². The first kappa shape index (κ1) is 14.1. The molecule has 4 nitrogen and oxygen atoms in total. The Kier molecular flexibility index (Phi) is 4.27. The van der Waals surface area contributed by atoms with Gasteiger partial charge in [-0.25, -0.2) is 0 Å². The number of aryl methyl sites for hydroxylation is 2. The zero-order valence-corrected chi connectivity index (χ0v) is 12.4. The van der Waals surface area contributed by atoms with Gasteiger partial charge in [0.1, 0.15) is 5.76 Å². The maximum atomic E-state index is 12.3. The molecule has 19 heavy (non-hydrogen) atoms. The molecule has 4 heteroatoms. The van der Waals surface area contributed by atoms with Crippen LogP contribution in [0.25, 0.3) is 0 Å². The Hall–Kier alpha value is -1.32. The monoisotopic (exact) mass is 264 g/mol. The molecule has 1 fully saturated rings. The second-order valence-corrected chi connectivity index (χ2v) is 5.80. The number of nitrogens with zero attached hydrogens (tertiary/aromatic N) is 2. The number of carbonyl (C=O) groups excluding carboxylic acids is 1. The summed E-state index contributed by atoms with van der Waals surface area (Å²) in [7, 11) is 0. The zero-order valence-electron chi connectivity index (χ0n) is 12.4. The lowest BCUT2D eigenvalue weighted by Crippen LogP contribution is -2.31. The van der Waals surface area contributed by atoms with Gasteiger partial charge < -0.3 is 9.42 Å². The molecule has 2 heterocycles. The van der Waals surface area contributed by atoms with Gasteiger partial charge in [-0.1, -0.05) is 25.9 Å². The van der Waals surface area contributed by atoms with Gasteiger partial charge in [0.2, 0.25) is 5.91 Å².